The summed E-state index contributed by atoms with van der Waals surface area (Å²) < 4.78 is 0. The molecule has 0 aliphatic carbocycles. The predicted molar refractivity (Wildman–Crippen MR) is 108 cm³/mol. The van der Waals surface area contributed by atoms with Crippen LogP contribution in [0.3, 0.4) is 0 Å². The standard InChI is InChI=1S/C24H14O2/c25-23-21-17-9-13-5-1-2-6-14(13)10-18(17)22(24(23)26)20-12-16-8-4-3-7-15(16)11-19(20)21/h1-12,25-26H. The van der Waals surface area contributed by atoms with Crippen LogP contribution in [0.15, 0.2) is 72.8 Å². The van der Waals surface area contributed by atoms with Crippen molar-refractivity contribution in [1.82, 2.24) is 0 Å². The molecule has 0 unspecified atom stereocenters. The molecule has 2 N–H and O–H groups in total. The summed E-state index contributed by atoms with van der Waals surface area (Å²) in [5, 5.41) is 31.2. The van der Waals surface area contributed by atoms with E-state index in [1.807, 2.05) is 24.3 Å². The Morgan fingerprint density at radius 3 is 0.962 bits per heavy atom. The smallest absolute Gasteiger partial charge is 0.166 e. The molecule has 2 nitrogen and oxygen atoms in total. The van der Waals surface area contributed by atoms with Gasteiger partial charge in [0.25, 0.3) is 0 Å². The minimum Gasteiger partial charge on any atom is -0.504 e. The Morgan fingerprint density at radius 2 is 0.692 bits per heavy atom. The molecule has 0 saturated heterocycles. The quantitative estimate of drug-likeness (QED) is 0.253. The van der Waals surface area contributed by atoms with Gasteiger partial charge in [-0.1, -0.05) is 48.5 Å². The highest BCUT2D eigenvalue weighted by Gasteiger charge is 2.21. The number of phenols is 4. The van der Waals surface area contributed by atoms with Gasteiger partial charge in [0.15, 0.2) is 11.5 Å². The van der Waals surface area contributed by atoms with Gasteiger partial charge >= 0.3 is 0 Å². The fraction of sp³-hybridized carbons (Fsp3) is 0. The Bertz CT molecular complexity index is 1280. The largest absolute Gasteiger partial charge is 0.504 e. The fourth-order valence-electron chi connectivity index (χ4n) is 4.35. The first kappa shape index (κ1) is 13.7. The molecule has 0 aliphatic rings. The van der Waals surface area contributed by atoms with Crippen molar-refractivity contribution in [3.63, 3.8) is 0 Å². The number of hydrogen-bond acceptors (Lipinski definition) is 2. The van der Waals surface area contributed by atoms with Gasteiger partial charge in [-0.05, 0) is 67.4 Å². The van der Waals surface area contributed by atoms with Crippen LogP contribution in [-0.4, -0.2) is 10.2 Å². The first-order valence-corrected chi connectivity index (χ1v) is 8.66. The number of fused-ring (bicyclic) bond motifs is 3. The highest BCUT2D eigenvalue weighted by atomic mass is 16.3. The Labute approximate surface area is 148 Å². The number of aromatic hydroxyl groups is 2. The Morgan fingerprint density at radius 1 is 0.423 bits per heavy atom. The molecule has 0 saturated carbocycles. The molecule has 7 rings (SSSR count). The average molecular weight is 334 g/mol. The van der Waals surface area contributed by atoms with E-state index in [0.717, 1.165) is 53.9 Å². The van der Waals surface area contributed by atoms with Crippen molar-refractivity contribution in [1.29, 1.82) is 0 Å². The summed E-state index contributed by atoms with van der Waals surface area (Å²) >= 11 is 0. The molecule has 122 valence electrons. The Kier molecular flexibility index (Phi) is 2.41. The lowest BCUT2D eigenvalue weighted by molar-refractivity contribution is 0.412. The number of rotatable bonds is 0. The molecule has 0 radical (unpaired) electrons. The molecule has 2 heteroatoms. The Hall–Kier alpha value is -3.52. The topological polar surface area (TPSA) is 40.5 Å². The van der Waals surface area contributed by atoms with Crippen molar-refractivity contribution < 1.29 is 10.2 Å². The van der Waals surface area contributed by atoms with E-state index in [0.29, 0.717) is 0 Å². The van der Waals surface area contributed by atoms with E-state index in [-0.39, 0.29) is 11.5 Å². The molecule has 0 amide bonds. The first-order chi connectivity index (χ1) is 12.7. The van der Waals surface area contributed by atoms with Gasteiger partial charge in [0.1, 0.15) is 0 Å². The second-order valence-electron chi connectivity index (χ2n) is 6.94. The third kappa shape index (κ3) is 1.56. The number of phenolic OH excluding ortho intramolecular Hbond substituents is 2. The lowest BCUT2D eigenvalue weighted by Gasteiger charge is -2.18. The van der Waals surface area contributed by atoms with Crippen molar-refractivity contribution in [2.75, 3.05) is 0 Å². The van der Waals surface area contributed by atoms with Gasteiger partial charge in [-0.3, -0.25) is 0 Å². The van der Waals surface area contributed by atoms with Gasteiger partial charge in [0, 0.05) is 10.8 Å². The molecule has 0 fully saturated rings. The molecule has 0 aliphatic heterocycles. The zero-order valence-corrected chi connectivity index (χ0v) is 13.8. The van der Waals surface area contributed by atoms with E-state index in [9.17, 15) is 10.2 Å². The number of benzene rings is 7. The molecule has 2 bridgehead atoms. The van der Waals surface area contributed by atoms with Crippen LogP contribution in [0.4, 0.5) is 0 Å². The second-order valence-corrected chi connectivity index (χ2v) is 6.94. The Balaban J connectivity index is 1.97. The van der Waals surface area contributed by atoms with Crippen LogP contribution < -0.4 is 0 Å². The van der Waals surface area contributed by atoms with Crippen LogP contribution in [-0.2, 0) is 0 Å². The van der Waals surface area contributed by atoms with Crippen molar-refractivity contribution in [3.8, 4) is 11.5 Å². The first-order valence-electron chi connectivity index (χ1n) is 8.66. The van der Waals surface area contributed by atoms with E-state index in [4.69, 9.17) is 0 Å². The maximum atomic E-state index is 10.7. The lowest BCUT2D eigenvalue weighted by Crippen LogP contribution is -1.89. The molecule has 0 atom stereocenters. The zero-order chi connectivity index (χ0) is 17.4. The van der Waals surface area contributed by atoms with E-state index in [2.05, 4.69) is 48.5 Å². The summed E-state index contributed by atoms with van der Waals surface area (Å²) in [6.45, 7) is 0. The maximum absolute atomic E-state index is 10.7. The van der Waals surface area contributed by atoms with Gasteiger partial charge in [-0.25, -0.2) is 0 Å². The monoisotopic (exact) mass is 334 g/mol. The molecule has 0 heterocycles. The molecule has 26 heavy (non-hydrogen) atoms. The van der Waals surface area contributed by atoms with E-state index < -0.39 is 0 Å². The third-order valence-electron chi connectivity index (χ3n) is 5.55. The zero-order valence-electron chi connectivity index (χ0n) is 13.8. The summed E-state index contributed by atoms with van der Waals surface area (Å²) in [6, 6.07) is 24.8. The second kappa shape index (κ2) is 4.55. The van der Waals surface area contributed by atoms with Crippen LogP contribution in [0.25, 0.3) is 53.9 Å². The van der Waals surface area contributed by atoms with Crippen LogP contribution >= 0.6 is 0 Å². The SMILES string of the molecule is Oc1c(O)c2c3cc4ccccc4cc3c1c1cc3ccccc3cc12. The van der Waals surface area contributed by atoms with Gasteiger partial charge < -0.3 is 10.2 Å². The lowest BCUT2D eigenvalue weighted by atomic mass is 9.87. The molecule has 0 aromatic heterocycles. The van der Waals surface area contributed by atoms with Crippen LogP contribution in [0.1, 0.15) is 0 Å². The van der Waals surface area contributed by atoms with E-state index in [1.54, 1.807) is 0 Å². The maximum Gasteiger partial charge on any atom is 0.166 e. The van der Waals surface area contributed by atoms with Gasteiger partial charge in [-0.2, -0.15) is 0 Å². The third-order valence-corrected chi connectivity index (χ3v) is 5.55. The van der Waals surface area contributed by atoms with Crippen molar-refractivity contribution in [2.24, 2.45) is 0 Å². The van der Waals surface area contributed by atoms with Crippen LogP contribution in [0.5, 0.6) is 11.5 Å². The van der Waals surface area contributed by atoms with Crippen molar-refractivity contribution >= 4 is 53.9 Å². The van der Waals surface area contributed by atoms with E-state index >= 15 is 0 Å². The van der Waals surface area contributed by atoms with Gasteiger partial charge in [-0.15, -0.1) is 0 Å². The highest BCUT2D eigenvalue weighted by Crippen LogP contribution is 2.51. The van der Waals surface area contributed by atoms with Crippen LogP contribution in [0.2, 0.25) is 0 Å². The molecule has 0 spiro atoms. The molecule has 7 aromatic carbocycles. The van der Waals surface area contributed by atoms with E-state index in [1.165, 1.54) is 0 Å². The summed E-state index contributed by atoms with van der Waals surface area (Å²) in [5.74, 6) is -0.0453. The molecular formula is C24H14O2. The van der Waals surface area contributed by atoms with Gasteiger partial charge in [0.05, 0.1) is 0 Å². The number of hydrogen-bond donors (Lipinski definition) is 2. The van der Waals surface area contributed by atoms with Crippen molar-refractivity contribution in [3.05, 3.63) is 72.8 Å². The highest BCUT2D eigenvalue weighted by molar-refractivity contribution is 6.34. The summed E-state index contributed by atoms with van der Waals surface area (Å²) in [6.07, 6.45) is 0. The summed E-state index contributed by atoms with van der Waals surface area (Å²) in [4.78, 5) is 0. The fourth-order valence-corrected chi connectivity index (χ4v) is 4.35. The minimum absolute atomic E-state index is 0.0226. The van der Waals surface area contributed by atoms with Crippen LogP contribution in [0, 0.1) is 0 Å². The van der Waals surface area contributed by atoms with Gasteiger partial charge in [0.2, 0.25) is 0 Å². The summed E-state index contributed by atoms with van der Waals surface area (Å²) in [5.41, 5.74) is 0. The normalized spacial score (nSPS) is 12.2. The summed E-state index contributed by atoms with van der Waals surface area (Å²) in [7, 11) is 0. The molecular weight excluding hydrogens is 320 g/mol. The molecule has 7 aromatic rings. The van der Waals surface area contributed by atoms with Crippen molar-refractivity contribution in [2.45, 2.75) is 0 Å². The average Bonchev–Trinajstić information content (AvgIpc) is 2.67. The predicted octanol–water partition coefficient (Wildman–Crippen LogP) is 6.30. The minimum atomic E-state index is -0.0226.